The first-order chi connectivity index (χ1) is 18.9. The van der Waals surface area contributed by atoms with Gasteiger partial charge < -0.3 is 18.8 Å². The molecule has 2 aliphatic heterocycles. The largest absolute Gasteiger partial charge is 0.493 e. The fraction of sp³-hybridized carbons (Fsp3) is 0.387. The number of fused-ring (bicyclic) bond motifs is 1. The van der Waals surface area contributed by atoms with E-state index in [0.717, 1.165) is 42.0 Å². The molecule has 0 radical (unpaired) electrons. The van der Waals surface area contributed by atoms with Crippen LogP contribution in [-0.2, 0) is 6.42 Å². The lowest BCUT2D eigenvalue weighted by atomic mass is 9.83. The Morgan fingerprint density at radius 1 is 1.10 bits per heavy atom. The number of ketones is 1. The minimum atomic E-state index is -0.0767. The van der Waals surface area contributed by atoms with E-state index in [1.54, 1.807) is 20.3 Å². The number of furan rings is 1. The zero-order chi connectivity index (χ0) is 27.5. The molecule has 4 heterocycles. The van der Waals surface area contributed by atoms with Crippen molar-refractivity contribution in [2.24, 2.45) is 11.8 Å². The number of Topliss-reactive ketones (excluding diaryl/α,β-unsaturated/α-hetero) is 1. The number of piperidine rings is 1. The van der Waals surface area contributed by atoms with Gasteiger partial charge in [0.25, 0.3) is 5.91 Å². The molecule has 2 aromatic heterocycles. The molecule has 0 spiro atoms. The Morgan fingerprint density at radius 3 is 2.64 bits per heavy atom. The van der Waals surface area contributed by atoms with Crippen LogP contribution < -0.4 is 9.47 Å². The van der Waals surface area contributed by atoms with Gasteiger partial charge in [0, 0.05) is 30.8 Å². The topological polar surface area (TPSA) is 86.8 Å². The van der Waals surface area contributed by atoms with E-state index in [-0.39, 0.29) is 23.5 Å². The smallest absolute Gasteiger partial charge is 0.274 e. The molecular weight excluding hydrogens is 494 g/mol. The molecule has 1 fully saturated rings. The second-order valence-electron chi connectivity index (χ2n) is 10.3. The van der Waals surface area contributed by atoms with E-state index in [4.69, 9.17) is 19.0 Å². The highest BCUT2D eigenvalue weighted by atomic mass is 16.5. The average molecular weight is 530 g/mol. The van der Waals surface area contributed by atoms with E-state index in [2.05, 4.69) is 13.0 Å². The normalized spacial score (nSPS) is 21.2. The summed E-state index contributed by atoms with van der Waals surface area (Å²) >= 11 is 0. The van der Waals surface area contributed by atoms with E-state index in [1.807, 2.05) is 59.0 Å². The Morgan fingerprint density at radius 2 is 1.92 bits per heavy atom. The standard InChI is InChI=1S/C31H35N3O5/c1-20-19-33(15-14-22(20)16-27(35)28-12-10-21(2)39-28)31(36)25-18-24-8-6-5-7-9-26(34(24)32-25)23-11-13-29(37-3)30(17-23)38-4/h5,7,9-13,17-18,20,22H,6,8,14-16,19H2,1-4H3/b7-5-,26-9-/t20-,22?/m0/s1. The summed E-state index contributed by atoms with van der Waals surface area (Å²) in [6.07, 6.45) is 8.99. The summed E-state index contributed by atoms with van der Waals surface area (Å²) < 4.78 is 18.3. The van der Waals surface area contributed by atoms with Gasteiger partial charge in [0.05, 0.1) is 19.9 Å². The summed E-state index contributed by atoms with van der Waals surface area (Å²) in [6.45, 7) is 5.14. The Kier molecular flexibility index (Phi) is 7.72. The number of hydrogen-bond donors (Lipinski definition) is 0. The Balaban J connectivity index is 1.33. The van der Waals surface area contributed by atoms with Crippen LogP contribution in [-0.4, -0.2) is 53.7 Å². The molecule has 8 nitrogen and oxygen atoms in total. The molecule has 5 rings (SSSR count). The van der Waals surface area contributed by atoms with Crippen LogP contribution in [0.4, 0.5) is 0 Å². The molecule has 8 heteroatoms. The minimum absolute atomic E-state index is 0.0247. The van der Waals surface area contributed by atoms with Crippen LogP contribution >= 0.6 is 0 Å². The first-order valence-electron chi connectivity index (χ1n) is 13.5. The van der Waals surface area contributed by atoms with Crippen molar-refractivity contribution in [3.05, 3.63) is 83.1 Å². The minimum Gasteiger partial charge on any atom is -0.493 e. The third-order valence-corrected chi connectivity index (χ3v) is 7.70. The van der Waals surface area contributed by atoms with E-state index < -0.39 is 0 Å². The van der Waals surface area contributed by atoms with Crippen LogP contribution in [0, 0.1) is 18.8 Å². The van der Waals surface area contributed by atoms with Crippen molar-refractivity contribution in [2.75, 3.05) is 27.3 Å². The fourth-order valence-electron chi connectivity index (χ4n) is 5.45. The van der Waals surface area contributed by atoms with Gasteiger partial charge in [-0.25, -0.2) is 4.68 Å². The van der Waals surface area contributed by atoms with Crippen molar-refractivity contribution in [3.8, 4) is 11.5 Å². The lowest BCUT2D eigenvalue weighted by Gasteiger charge is -2.36. The van der Waals surface area contributed by atoms with E-state index in [0.29, 0.717) is 42.5 Å². The summed E-state index contributed by atoms with van der Waals surface area (Å²) in [5.74, 6) is 2.78. The van der Waals surface area contributed by atoms with Crippen molar-refractivity contribution < 1.29 is 23.5 Å². The number of methoxy groups -OCH3 is 2. The summed E-state index contributed by atoms with van der Waals surface area (Å²) in [5, 5.41) is 4.80. The van der Waals surface area contributed by atoms with Gasteiger partial charge >= 0.3 is 0 Å². The Bertz CT molecular complexity index is 1430. The molecule has 0 saturated carbocycles. The highest BCUT2D eigenvalue weighted by Crippen LogP contribution is 2.33. The summed E-state index contributed by atoms with van der Waals surface area (Å²) in [5.41, 5.74) is 3.19. The molecular formula is C31H35N3O5. The quantitative estimate of drug-likeness (QED) is 0.372. The zero-order valence-corrected chi connectivity index (χ0v) is 23.0. The maximum Gasteiger partial charge on any atom is 0.274 e. The van der Waals surface area contributed by atoms with Gasteiger partial charge in [-0.15, -0.1) is 0 Å². The van der Waals surface area contributed by atoms with Gasteiger partial charge in [-0.05, 0) is 80.5 Å². The predicted molar refractivity (Wildman–Crippen MR) is 148 cm³/mol. The monoisotopic (exact) mass is 529 g/mol. The number of carbonyl (C=O) groups excluding carboxylic acids is 2. The van der Waals surface area contributed by atoms with Crippen LogP contribution in [0.1, 0.15) is 64.2 Å². The number of hydrogen-bond acceptors (Lipinski definition) is 6. The molecule has 1 saturated heterocycles. The number of aromatic nitrogens is 2. The number of rotatable bonds is 7. The van der Waals surface area contributed by atoms with Crippen LogP contribution in [0.2, 0.25) is 0 Å². The molecule has 204 valence electrons. The van der Waals surface area contributed by atoms with Crippen LogP contribution in [0.3, 0.4) is 0 Å². The predicted octanol–water partition coefficient (Wildman–Crippen LogP) is 5.56. The van der Waals surface area contributed by atoms with Gasteiger partial charge in [-0.3, -0.25) is 9.59 Å². The average Bonchev–Trinajstić information content (AvgIpc) is 3.55. The number of benzene rings is 1. The van der Waals surface area contributed by atoms with Gasteiger partial charge in [0.2, 0.25) is 0 Å². The van der Waals surface area contributed by atoms with Crippen LogP contribution in [0.5, 0.6) is 11.5 Å². The zero-order valence-electron chi connectivity index (χ0n) is 23.0. The molecule has 0 bridgehead atoms. The molecule has 39 heavy (non-hydrogen) atoms. The van der Waals surface area contributed by atoms with Crippen molar-refractivity contribution >= 4 is 17.4 Å². The van der Waals surface area contributed by atoms with Gasteiger partial charge in [-0.1, -0.05) is 19.1 Å². The third kappa shape index (κ3) is 5.55. The van der Waals surface area contributed by atoms with E-state index in [1.165, 1.54) is 0 Å². The Hall–Kier alpha value is -4.07. The number of ether oxygens (including phenoxy) is 2. The highest BCUT2D eigenvalue weighted by molar-refractivity contribution is 5.94. The summed E-state index contributed by atoms with van der Waals surface area (Å²) in [6, 6.07) is 11.2. The molecule has 3 aromatic rings. The second-order valence-corrected chi connectivity index (χ2v) is 10.3. The van der Waals surface area contributed by atoms with Crippen molar-refractivity contribution in [2.45, 2.75) is 39.5 Å². The number of likely N-dealkylation sites (tertiary alicyclic amines) is 1. The fourth-order valence-corrected chi connectivity index (χ4v) is 5.45. The van der Waals surface area contributed by atoms with Crippen molar-refractivity contribution in [3.63, 3.8) is 0 Å². The number of aryl methyl sites for hydroxylation is 2. The number of amides is 1. The summed E-state index contributed by atoms with van der Waals surface area (Å²) in [4.78, 5) is 28.2. The number of allylic oxidation sites excluding steroid dienone is 3. The molecule has 0 N–H and O–H groups in total. The molecule has 1 unspecified atom stereocenters. The van der Waals surface area contributed by atoms with E-state index >= 15 is 0 Å². The third-order valence-electron chi connectivity index (χ3n) is 7.70. The molecule has 2 aliphatic rings. The number of nitrogens with zero attached hydrogens (tertiary/aromatic N) is 3. The van der Waals surface area contributed by atoms with Gasteiger partial charge in [-0.2, -0.15) is 5.10 Å². The highest BCUT2D eigenvalue weighted by Gasteiger charge is 2.32. The molecule has 0 aliphatic carbocycles. The first kappa shape index (κ1) is 26.5. The maximum atomic E-state index is 13.6. The van der Waals surface area contributed by atoms with Crippen LogP contribution in [0.15, 0.2) is 59.0 Å². The summed E-state index contributed by atoms with van der Waals surface area (Å²) in [7, 11) is 3.22. The van der Waals surface area contributed by atoms with Crippen molar-refractivity contribution in [1.29, 1.82) is 0 Å². The second kappa shape index (κ2) is 11.4. The van der Waals surface area contributed by atoms with E-state index in [9.17, 15) is 9.59 Å². The SMILES string of the molecule is COc1ccc(/C2=C/C=C\CCc3cc(C(=O)N4CCC(CC(=O)c5ccc(C)o5)[C@@H](C)C4)nn32)cc1OC. The molecule has 1 aromatic carbocycles. The lowest BCUT2D eigenvalue weighted by Crippen LogP contribution is -2.43. The maximum absolute atomic E-state index is 13.6. The first-order valence-corrected chi connectivity index (χ1v) is 13.5. The lowest BCUT2D eigenvalue weighted by molar-refractivity contribution is 0.0586. The van der Waals surface area contributed by atoms with Gasteiger partial charge in [0.1, 0.15) is 5.76 Å². The molecule has 2 atom stereocenters. The molecule has 1 amide bonds. The van der Waals surface area contributed by atoms with Gasteiger partial charge in [0.15, 0.2) is 28.7 Å². The number of carbonyl (C=O) groups is 2. The Labute approximate surface area is 228 Å². The van der Waals surface area contributed by atoms with Crippen molar-refractivity contribution in [1.82, 2.24) is 14.7 Å². The van der Waals surface area contributed by atoms with Crippen LogP contribution in [0.25, 0.3) is 5.70 Å².